The maximum atomic E-state index is 12.8. The van der Waals surface area contributed by atoms with E-state index in [0.717, 1.165) is 42.3 Å². The Morgan fingerprint density at radius 2 is 1.83 bits per heavy atom. The number of piperazine rings is 1. The molecule has 0 radical (unpaired) electrons. The maximum absolute atomic E-state index is 12.8. The van der Waals surface area contributed by atoms with E-state index in [1.54, 1.807) is 18.6 Å². The Morgan fingerprint density at radius 1 is 1.00 bits per heavy atom. The lowest BCUT2D eigenvalue weighted by atomic mass is 10.2. The van der Waals surface area contributed by atoms with Crippen molar-refractivity contribution in [2.45, 2.75) is 19.6 Å². The van der Waals surface area contributed by atoms with Crippen LogP contribution in [0.25, 0.3) is 0 Å². The highest BCUT2D eigenvalue weighted by molar-refractivity contribution is 5.90. The number of carbonyl (C=O) groups is 1. The molecule has 0 aromatic carbocycles. The van der Waals surface area contributed by atoms with Crippen LogP contribution >= 0.6 is 0 Å². The van der Waals surface area contributed by atoms with Crippen molar-refractivity contribution in [1.82, 2.24) is 24.8 Å². The van der Waals surface area contributed by atoms with Crippen molar-refractivity contribution in [3.63, 3.8) is 0 Å². The highest BCUT2D eigenvalue weighted by Gasteiger charge is 2.30. The Labute approximate surface area is 168 Å². The minimum atomic E-state index is -0.118. The fourth-order valence-corrected chi connectivity index (χ4v) is 3.91. The third-order valence-corrected chi connectivity index (χ3v) is 5.43. The molecule has 29 heavy (non-hydrogen) atoms. The molecule has 1 fully saturated rings. The van der Waals surface area contributed by atoms with E-state index in [-0.39, 0.29) is 11.8 Å². The second kappa shape index (κ2) is 7.63. The summed E-state index contributed by atoms with van der Waals surface area (Å²) in [6.45, 7) is 5.03. The van der Waals surface area contributed by atoms with Crippen LogP contribution in [0.2, 0.25) is 0 Å². The zero-order valence-electron chi connectivity index (χ0n) is 16.1. The van der Waals surface area contributed by atoms with Gasteiger partial charge in [0, 0.05) is 69.7 Å². The van der Waals surface area contributed by atoms with Crippen molar-refractivity contribution < 1.29 is 9.21 Å². The molecule has 0 N–H and O–H groups in total. The molecular formula is C21H22N6O2. The van der Waals surface area contributed by atoms with Crippen LogP contribution in [0.1, 0.15) is 27.7 Å². The first-order chi connectivity index (χ1) is 14.3. The van der Waals surface area contributed by atoms with Crippen LogP contribution in [-0.2, 0) is 19.6 Å². The van der Waals surface area contributed by atoms with Crippen LogP contribution in [0.3, 0.4) is 0 Å². The number of nitrogens with zero attached hydrogens (tertiary/aromatic N) is 6. The molecule has 0 saturated carbocycles. The first kappa shape index (κ1) is 17.8. The fourth-order valence-electron chi connectivity index (χ4n) is 3.91. The number of anilines is 1. The molecule has 0 spiro atoms. The van der Waals surface area contributed by atoms with Gasteiger partial charge in [-0.15, -0.1) is 0 Å². The molecule has 0 bridgehead atoms. The van der Waals surface area contributed by atoms with Crippen molar-refractivity contribution in [2.75, 3.05) is 31.1 Å². The third-order valence-electron chi connectivity index (χ3n) is 5.43. The van der Waals surface area contributed by atoms with Crippen LogP contribution in [0.5, 0.6) is 0 Å². The van der Waals surface area contributed by atoms with Crippen LogP contribution in [0, 0.1) is 0 Å². The van der Waals surface area contributed by atoms with Crippen LogP contribution in [0.4, 0.5) is 5.69 Å². The standard InChI is InChI=1S/C21H22N6O2/c28-21(27-10-8-26(9-11-27)17-3-6-22-7-4-17)20-24-18-14-25(15-19(18)29-20)13-16-2-1-5-23-12-16/h1-7,12H,8-11,13-15H2. The maximum Gasteiger partial charge on any atom is 0.309 e. The van der Waals surface area contributed by atoms with Crippen LogP contribution < -0.4 is 4.90 Å². The van der Waals surface area contributed by atoms with E-state index in [1.807, 2.05) is 29.3 Å². The largest absolute Gasteiger partial charge is 0.436 e. The van der Waals surface area contributed by atoms with E-state index >= 15 is 0 Å². The predicted octanol–water partition coefficient (Wildman–Crippen LogP) is 1.94. The smallest absolute Gasteiger partial charge is 0.309 e. The molecule has 3 aromatic rings. The second-order valence-electron chi connectivity index (χ2n) is 7.38. The highest BCUT2D eigenvalue weighted by Crippen LogP contribution is 2.25. The molecule has 3 aromatic heterocycles. The molecule has 5 rings (SSSR count). The minimum absolute atomic E-state index is 0.118. The van der Waals surface area contributed by atoms with Gasteiger partial charge in [0.15, 0.2) is 0 Å². The first-order valence-electron chi connectivity index (χ1n) is 9.80. The van der Waals surface area contributed by atoms with Crippen molar-refractivity contribution in [1.29, 1.82) is 0 Å². The molecule has 2 aliphatic heterocycles. The van der Waals surface area contributed by atoms with Gasteiger partial charge in [0.05, 0.1) is 12.2 Å². The van der Waals surface area contributed by atoms with E-state index < -0.39 is 0 Å². The summed E-state index contributed by atoms with van der Waals surface area (Å²) in [6.07, 6.45) is 7.22. The average molecular weight is 390 g/mol. The molecule has 5 heterocycles. The summed E-state index contributed by atoms with van der Waals surface area (Å²) in [7, 11) is 0. The normalized spacial score (nSPS) is 16.8. The summed E-state index contributed by atoms with van der Waals surface area (Å²) in [4.78, 5) is 31.9. The number of hydrogen-bond acceptors (Lipinski definition) is 7. The lowest BCUT2D eigenvalue weighted by Gasteiger charge is -2.35. The number of rotatable bonds is 4. The predicted molar refractivity (Wildman–Crippen MR) is 106 cm³/mol. The molecular weight excluding hydrogens is 368 g/mol. The molecule has 148 valence electrons. The summed E-state index contributed by atoms with van der Waals surface area (Å²) < 4.78 is 5.84. The molecule has 8 nitrogen and oxygen atoms in total. The molecule has 1 saturated heterocycles. The molecule has 0 atom stereocenters. The second-order valence-corrected chi connectivity index (χ2v) is 7.38. The summed E-state index contributed by atoms with van der Waals surface area (Å²) in [5, 5.41) is 0. The van der Waals surface area contributed by atoms with Gasteiger partial charge in [0.1, 0.15) is 5.76 Å². The van der Waals surface area contributed by atoms with Gasteiger partial charge in [0.2, 0.25) is 0 Å². The van der Waals surface area contributed by atoms with Crippen molar-refractivity contribution in [3.05, 3.63) is 72.0 Å². The summed E-state index contributed by atoms with van der Waals surface area (Å²) >= 11 is 0. The van der Waals surface area contributed by atoms with Gasteiger partial charge < -0.3 is 14.2 Å². The molecule has 2 aliphatic rings. The van der Waals surface area contributed by atoms with Crippen molar-refractivity contribution >= 4 is 11.6 Å². The van der Waals surface area contributed by atoms with E-state index in [1.165, 1.54) is 0 Å². The van der Waals surface area contributed by atoms with E-state index in [0.29, 0.717) is 26.2 Å². The lowest BCUT2D eigenvalue weighted by Crippen LogP contribution is -2.48. The average Bonchev–Trinajstić information content (AvgIpc) is 3.33. The Bertz CT molecular complexity index is 959. The number of hydrogen-bond donors (Lipinski definition) is 0. The van der Waals surface area contributed by atoms with Crippen LogP contribution in [-0.4, -0.2) is 56.8 Å². The Hall–Kier alpha value is -3.26. The number of aromatic nitrogens is 3. The van der Waals surface area contributed by atoms with Gasteiger partial charge in [0.25, 0.3) is 5.89 Å². The first-order valence-corrected chi connectivity index (χ1v) is 9.80. The molecule has 0 aliphatic carbocycles. The van der Waals surface area contributed by atoms with E-state index in [9.17, 15) is 4.79 Å². The monoisotopic (exact) mass is 390 g/mol. The SMILES string of the molecule is O=C(c1nc2c(o1)CN(Cc1cccnc1)C2)N1CCN(c2ccncc2)CC1. The van der Waals surface area contributed by atoms with Crippen molar-refractivity contribution in [2.24, 2.45) is 0 Å². The molecule has 1 amide bonds. The quantitative estimate of drug-likeness (QED) is 0.674. The van der Waals surface area contributed by atoms with Gasteiger partial charge in [-0.05, 0) is 23.8 Å². The number of amides is 1. The Balaban J connectivity index is 1.18. The fraction of sp³-hybridized carbons (Fsp3) is 0.333. The van der Waals surface area contributed by atoms with E-state index in [2.05, 4.69) is 30.8 Å². The van der Waals surface area contributed by atoms with Gasteiger partial charge >= 0.3 is 5.91 Å². The minimum Gasteiger partial charge on any atom is -0.436 e. The topological polar surface area (TPSA) is 78.6 Å². The zero-order valence-corrected chi connectivity index (χ0v) is 16.1. The summed E-state index contributed by atoms with van der Waals surface area (Å²) in [5.74, 6) is 0.897. The lowest BCUT2D eigenvalue weighted by molar-refractivity contribution is 0.0702. The van der Waals surface area contributed by atoms with Gasteiger partial charge in [-0.2, -0.15) is 0 Å². The summed E-state index contributed by atoms with van der Waals surface area (Å²) in [5.41, 5.74) is 3.16. The number of oxazole rings is 1. The van der Waals surface area contributed by atoms with Crippen LogP contribution in [0.15, 0.2) is 53.5 Å². The van der Waals surface area contributed by atoms with Gasteiger partial charge in [-0.1, -0.05) is 6.07 Å². The van der Waals surface area contributed by atoms with Gasteiger partial charge in [-0.3, -0.25) is 19.7 Å². The number of carbonyl (C=O) groups excluding carboxylic acids is 1. The number of pyridine rings is 2. The summed E-state index contributed by atoms with van der Waals surface area (Å²) in [6, 6.07) is 7.98. The zero-order chi connectivity index (χ0) is 19.6. The van der Waals surface area contributed by atoms with Gasteiger partial charge in [-0.25, -0.2) is 4.98 Å². The number of fused-ring (bicyclic) bond motifs is 1. The van der Waals surface area contributed by atoms with Crippen molar-refractivity contribution in [3.8, 4) is 0 Å². The van der Waals surface area contributed by atoms with E-state index in [4.69, 9.17) is 4.42 Å². The molecule has 0 unspecified atom stereocenters. The Kier molecular flexibility index (Phi) is 4.69. The Morgan fingerprint density at radius 3 is 2.55 bits per heavy atom. The third kappa shape index (κ3) is 3.71. The highest BCUT2D eigenvalue weighted by atomic mass is 16.4. The molecule has 8 heteroatoms.